The van der Waals surface area contributed by atoms with Crippen molar-refractivity contribution in [2.24, 2.45) is 5.73 Å². The molecule has 1 saturated carbocycles. The Balaban J connectivity index is 0.000000196. The van der Waals surface area contributed by atoms with Gasteiger partial charge in [0.05, 0.1) is 11.0 Å². The van der Waals surface area contributed by atoms with Gasteiger partial charge in [-0.25, -0.2) is 4.98 Å². The summed E-state index contributed by atoms with van der Waals surface area (Å²) in [5.41, 5.74) is 9.26. The van der Waals surface area contributed by atoms with Gasteiger partial charge in [0.2, 0.25) is 5.91 Å². The van der Waals surface area contributed by atoms with E-state index in [2.05, 4.69) is 44.0 Å². The van der Waals surface area contributed by atoms with Gasteiger partial charge in [0.15, 0.2) is 0 Å². The summed E-state index contributed by atoms with van der Waals surface area (Å²) >= 11 is 3.24. The Labute approximate surface area is 192 Å². The quantitative estimate of drug-likeness (QED) is 0.469. The molecule has 0 atom stereocenters. The number of halogens is 1. The average Bonchev–Trinajstić information content (AvgIpc) is 3.24. The van der Waals surface area contributed by atoms with Crippen LogP contribution in [0.15, 0.2) is 46.9 Å². The highest BCUT2D eigenvalue weighted by Gasteiger charge is 2.19. The third-order valence-corrected chi connectivity index (χ3v) is 6.85. The lowest BCUT2D eigenvalue weighted by Gasteiger charge is -2.28. The maximum atomic E-state index is 10.5. The second-order valence-electron chi connectivity index (χ2n) is 8.58. The molecule has 0 bridgehead atoms. The summed E-state index contributed by atoms with van der Waals surface area (Å²) in [6.07, 6.45) is 10.8. The van der Waals surface area contributed by atoms with Crippen molar-refractivity contribution in [1.82, 2.24) is 9.97 Å². The van der Waals surface area contributed by atoms with Gasteiger partial charge in [0.25, 0.3) is 0 Å². The van der Waals surface area contributed by atoms with E-state index < -0.39 is 5.91 Å². The van der Waals surface area contributed by atoms with Gasteiger partial charge in [0, 0.05) is 34.7 Å². The fourth-order valence-electron chi connectivity index (χ4n) is 4.55. The molecule has 0 spiro atoms. The Kier molecular flexibility index (Phi) is 7.28. The number of H-pyrrole nitrogens is 1. The van der Waals surface area contributed by atoms with Gasteiger partial charge in [-0.3, -0.25) is 4.79 Å². The number of carbonyl (C=O) groups excluding carboxylic acids is 1. The minimum absolute atomic E-state index is 0.396. The first kappa shape index (κ1) is 21.9. The number of anilines is 1. The molecule has 1 amide bonds. The van der Waals surface area contributed by atoms with E-state index in [1.54, 1.807) is 24.3 Å². The number of imidazole rings is 1. The third kappa shape index (κ3) is 5.67. The van der Waals surface area contributed by atoms with Crippen LogP contribution in [0.2, 0.25) is 0 Å². The van der Waals surface area contributed by atoms with Crippen molar-refractivity contribution in [2.45, 2.75) is 57.3 Å². The molecule has 31 heavy (non-hydrogen) atoms. The number of primary amides is 1. The number of nitrogens with zero attached hydrogens (tertiary/aromatic N) is 2. The van der Waals surface area contributed by atoms with Crippen molar-refractivity contribution < 1.29 is 4.79 Å². The number of piperidine rings is 1. The number of nitrogens with two attached hydrogens (primary N) is 1. The summed E-state index contributed by atoms with van der Waals surface area (Å²) < 4.78 is 0.942. The Morgan fingerprint density at radius 1 is 0.968 bits per heavy atom. The molecular weight excluding hydrogens is 452 g/mol. The smallest absolute Gasteiger partial charge is 0.248 e. The zero-order valence-corrected chi connectivity index (χ0v) is 19.5. The second-order valence-corrected chi connectivity index (χ2v) is 9.49. The van der Waals surface area contributed by atoms with Gasteiger partial charge in [-0.2, -0.15) is 0 Å². The minimum Gasteiger partial charge on any atom is -0.371 e. The van der Waals surface area contributed by atoms with Crippen molar-refractivity contribution >= 4 is 38.6 Å². The van der Waals surface area contributed by atoms with Crippen LogP contribution < -0.4 is 10.6 Å². The van der Waals surface area contributed by atoms with Crippen molar-refractivity contribution in [3.8, 4) is 0 Å². The van der Waals surface area contributed by atoms with Gasteiger partial charge in [-0.15, -0.1) is 0 Å². The normalized spacial score (nSPS) is 17.3. The largest absolute Gasteiger partial charge is 0.371 e. The van der Waals surface area contributed by atoms with Crippen molar-refractivity contribution in [3.05, 3.63) is 58.3 Å². The number of aromatic nitrogens is 2. The van der Waals surface area contributed by atoms with E-state index >= 15 is 0 Å². The molecule has 2 aliphatic rings. The number of fused-ring (bicyclic) bond motifs is 1. The van der Waals surface area contributed by atoms with Crippen LogP contribution in [0.4, 0.5) is 5.69 Å². The number of hydrogen-bond acceptors (Lipinski definition) is 3. The molecular formula is C25H31BrN4O. The molecule has 5 nitrogen and oxygen atoms in total. The van der Waals surface area contributed by atoms with Gasteiger partial charge in [0.1, 0.15) is 5.82 Å². The highest BCUT2D eigenvalue weighted by molar-refractivity contribution is 9.10. The summed E-state index contributed by atoms with van der Waals surface area (Å²) in [5.74, 6) is 1.48. The van der Waals surface area contributed by atoms with E-state index in [4.69, 9.17) is 10.7 Å². The molecule has 164 valence electrons. The molecule has 2 aromatic carbocycles. The maximum absolute atomic E-state index is 10.5. The SMILES string of the molecule is NC(=O)c1ccc(Br)cc1.c1cc2nc(C3CCCCC3)[nH]c2cc1N1CCCCC1. The van der Waals surface area contributed by atoms with Crippen LogP contribution in [0.3, 0.4) is 0 Å². The molecule has 3 aromatic rings. The number of amides is 1. The van der Waals surface area contributed by atoms with Crippen molar-refractivity contribution in [2.75, 3.05) is 18.0 Å². The summed E-state index contributed by atoms with van der Waals surface area (Å²) in [7, 11) is 0. The lowest BCUT2D eigenvalue weighted by Crippen LogP contribution is -2.29. The molecule has 2 heterocycles. The zero-order chi connectivity index (χ0) is 21.6. The zero-order valence-electron chi connectivity index (χ0n) is 17.9. The predicted molar refractivity (Wildman–Crippen MR) is 131 cm³/mol. The van der Waals surface area contributed by atoms with Gasteiger partial charge < -0.3 is 15.6 Å². The van der Waals surface area contributed by atoms with Gasteiger partial charge in [-0.1, -0.05) is 35.2 Å². The lowest BCUT2D eigenvalue weighted by atomic mass is 9.89. The number of benzene rings is 2. The van der Waals surface area contributed by atoms with E-state index in [1.807, 2.05) is 0 Å². The van der Waals surface area contributed by atoms with E-state index in [0.717, 1.165) is 9.99 Å². The van der Waals surface area contributed by atoms with E-state index in [1.165, 1.54) is 81.5 Å². The first-order valence-corrected chi connectivity index (χ1v) is 12.2. The highest BCUT2D eigenvalue weighted by atomic mass is 79.9. The highest BCUT2D eigenvalue weighted by Crippen LogP contribution is 2.33. The lowest BCUT2D eigenvalue weighted by molar-refractivity contribution is 0.100. The molecule has 1 aliphatic carbocycles. The molecule has 5 rings (SSSR count). The first-order chi connectivity index (χ1) is 15.1. The molecule has 1 aliphatic heterocycles. The van der Waals surface area contributed by atoms with Crippen LogP contribution in [0.5, 0.6) is 0 Å². The summed E-state index contributed by atoms with van der Waals surface area (Å²) in [4.78, 5) is 21.5. The number of carbonyl (C=O) groups is 1. The first-order valence-electron chi connectivity index (χ1n) is 11.4. The Hall–Kier alpha value is -2.34. The van der Waals surface area contributed by atoms with Crippen molar-refractivity contribution in [3.63, 3.8) is 0 Å². The van der Waals surface area contributed by atoms with Crippen LogP contribution in [-0.4, -0.2) is 29.0 Å². The van der Waals surface area contributed by atoms with Crippen LogP contribution in [-0.2, 0) is 0 Å². The summed E-state index contributed by atoms with van der Waals surface area (Å²) in [6, 6.07) is 13.7. The van der Waals surface area contributed by atoms with Crippen LogP contribution in [0.25, 0.3) is 11.0 Å². The summed E-state index contributed by atoms with van der Waals surface area (Å²) in [5, 5.41) is 0. The fourth-order valence-corrected chi connectivity index (χ4v) is 4.81. The Morgan fingerprint density at radius 3 is 2.32 bits per heavy atom. The van der Waals surface area contributed by atoms with E-state index in [9.17, 15) is 4.79 Å². The molecule has 3 N–H and O–H groups in total. The monoisotopic (exact) mass is 482 g/mol. The topological polar surface area (TPSA) is 75.0 Å². The average molecular weight is 483 g/mol. The molecule has 1 saturated heterocycles. The third-order valence-electron chi connectivity index (χ3n) is 6.33. The van der Waals surface area contributed by atoms with Gasteiger partial charge >= 0.3 is 0 Å². The molecule has 0 radical (unpaired) electrons. The number of nitrogens with one attached hydrogen (secondary N) is 1. The molecule has 6 heteroatoms. The fraction of sp³-hybridized carbons (Fsp3) is 0.440. The standard InChI is InChI=1S/C18H25N3.C7H6BrNO/c1-3-7-14(8-4-1)18-19-16-10-9-15(13-17(16)20-18)21-11-5-2-6-12-21;8-6-3-1-5(2-4-6)7(9)10/h9-10,13-14H,1-8,11-12H2,(H,19,20);1-4H,(H2,9,10). The van der Waals surface area contributed by atoms with Crippen LogP contribution in [0, 0.1) is 0 Å². The minimum atomic E-state index is -0.396. The molecule has 1 aromatic heterocycles. The van der Waals surface area contributed by atoms with Crippen LogP contribution >= 0.6 is 15.9 Å². The summed E-state index contributed by atoms with van der Waals surface area (Å²) in [6.45, 7) is 2.41. The number of hydrogen-bond donors (Lipinski definition) is 2. The predicted octanol–water partition coefficient (Wildman–Crippen LogP) is 6.15. The maximum Gasteiger partial charge on any atom is 0.248 e. The van der Waals surface area contributed by atoms with Crippen LogP contribution in [0.1, 0.15) is 73.5 Å². The Bertz CT molecular complexity index is 986. The molecule has 0 unspecified atom stereocenters. The van der Waals surface area contributed by atoms with Gasteiger partial charge in [-0.05, 0) is 74.6 Å². The number of aromatic amines is 1. The van der Waals surface area contributed by atoms with Crippen molar-refractivity contribution in [1.29, 1.82) is 0 Å². The second kappa shape index (κ2) is 10.3. The Morgan fingerprint density at radius 2 is 1.65 bits per heavy atom. The van der Waals surface area contributed by atoms with E-state index in [0.29, 0.717) is 11.5 Å². The molecule has 2 fully saturated rings. The van der Waals surface area contributed by atoms with E-state index in [-0.39, 0.29) is 0 Å². The number of rotatable bonds is 3.